The maximum atomic E-state index is 9.04. The Labute approximate surface area is 85.9 Å². The first-order chi connectivity index (χ1) is 6.64. The molecule has 2 N–H and O–H groups in total. The molecule has 0 aromatic heterocycles. The van der Waals surface area contributed by atoms with E-state index in [1.54, 1.807) is 0 Å². The molecule has 1 aliphatic carbocycles. The summed E-state index contributed by atoms with van der Waals surface area (Å²) in [6, 6.07) is 3.32. The van der Waals surface area contributed by atoms with Crippen LogP contribution in [0, 0.1) is 16.7 Å². The molecule has 0 aromatic rings. The van der Waals surface area contributed by atoms with E-state index < -0.39 is 0 Å². The predicted octanol–water partition coefficient (Wildman–Crippen LogP) is 1.10. The van der Waals surface area contributed by atoms with Gasteiger partial charge in [0, 0.05) is 25.2 Å². The molecule has 3 heteroatoms. The molecule has 0 spiro atoms. The van der Waals surface area contributed by atoms with Gasteiger partial charge in [-0.25, -0.2) is 0 Å². The lowest BCUT2D eigenvalue weighted by molar-refractivity contribution is 0.214. The second-order valence-electron chi connectivity index (χ2n) is 5.06. The minimum Gasteiger partial charge on any atom is -0.326 e. The molecule has 0 aromatic carbocycles. The van der Waals surface area contributed by atoms with Crippen molar-refractivity contribution in [3.05, 3.63) is 0 Å². The molecule has 14 heavy (non-hydrogen) atoms. The number of hydrogen-bond acceptors (Lipinski definition) is 3. The molecule has 0 amide bonds. The van der Waals surface area contributed by atoms with Crippen LogP contribution in [0.25, 0.3) is 0 Å². The van der Waals surface area contributed by atoms with Crippen LogP contribution in [0.15, 0.2) is 0 Å². The van der Waals surface area contributed by atoms with Crippen molar-refractivity contribution in [2.45, 2.75) is 44.7 Å². The molecule has 0 radical (unpaired) electrons. The summed E-state index contributed by atoms with van der Waals surface area (Å²) in [5.41, 5.74) is 5.94. The van der Waals surface area contributed by atoms with Gasteiger partial charge < -0.3 is 5.73 Å². The third-order valence-electron chi connectivity index (χ3n) is 3.77. The molecule has 1 saturated carbocycles. The highest BCUT2D eigenvalue weighted by atomic mass is 15.2. The van der Waals surface area contributed by atoms with Gasteiger partial charge in [0.05, 0.1) is 11.5 Å². The molecule has 1 aliphatic heterocycles. The Balaban J connectivity index is 1.99. The van der Waals surface area contributed by atoms with E-state index in [1.165, 1.54) is 12.8 Å². The van der Waals surface area contributed by atoms with Crippen LogP contribution in [0.5, 0.6) is 0 Å². The van der Waals surface area contributed by atoms with Crippen molar-refractivity contribution in [3.63, 3.8) is 0 Å². The Hall–Kier alpha value is -0.590. The van der Waals surface area contributed by atoms with Crippen molar-refractivity contribution < 1.29 is 0 Å². The summed E-state index contributed by atoms with van der Waals surface area (Å²) in [4.78, 5) is 2.43. The zero-order valence-corrected chi connectivity index (χ0v) is 8.87. The lowest BCUT2D eigenvalue weighted by Gasteiger charge is -2.27. The van der Waals surface area contributed by atoms with Crippen molar-refractivity contribution in [1.29, 1.82) is 5.26 Å². The van der Waals surface area contributed by atoms with E-state index in [4.69, 9.17) is 11.0 Å². The highest BCUT2D eigenvalue weighted by Gasteiger charge is 2.39. The highest BCUT2D eigenvalue weighted by Crippen LogP contribution is 2.34. The first kappa shape index (κ1) is 9.95. The fourth-order valence-corrected chi connectivity index (χ4v) is 2.79. The van der Waals surface area contributed by atoms with E-state index in [9.17, 15) is 0 Å². The van der Waals surface area contributed by atoms with Crippen LogP contribution >= 0.6 is 0 Å². The quantitative estimate of drug-likeness (QED) is 0.678. The van der Waals surface area contributed by atoms with Gasteiger partial charge in [-0.3, -0.25) is 4.90 Å². The monoisotopic (exact) mass is 193 g/mol. The summed E-state index contributed by atoms with van der Waals surface area (Å²) in [6.07, 6.45) is 4.64. The zero-order valence-electron chi connectivity index (χ0n) is 8.87. The lowest BCUT2D eigenvalue weighted by Crippen LogP contribution is -2.43. The van der Waals surface area contributed by atoms with Crippen LogP contribution in [0.1, 0.15) is 32.6 Å². The molecule has 2 rings (SSSR count). The van der Waals surface area contributed by atoms with Gasteiger partial charge in [-0.2, -0.15) is 5.26 Å². The van der Waals surface area contributed by atoms with E-state index in [-0.39, 0.29) is 5.41 Å². The highest BCUT2D eigenvalue weighted by molar-refractivity contribution is 5.04. The Morgan fingerprint density at radius 1 is 1.50 bits per heavy atom. The third kappa shape index (κ3) is 1.65. The average Bonchev–Trinajstić information content (AvgIpc) is 2.73. The largest absolute Gasteiger partial charge is 0.326 e. The number of hydrogen-bond donors (Lipinski definition) is 1. The Bertz CT molecular complexity index is 258. The van der Waals surface area contributed by atoms with Gasteiger partial charge in [0.15, 0.2) is 0 Å². The van der Waals surface area contributed by atoms with E-state index in [1.807, 2.05) is 0 Å². The van der Waals surface area contributed by atoms with Gasteiger partial charge in [0.25, 0.3) is 0 Å². The second kappa shape index (κ2) is 3.52. The molecule has 1 saturated heterocycles. The van der Waals surface area contributed by atoms with Crippen LogP contribution < -0.4 is 5.73 Å². The molecule has 3 atom stereocenters. The van der Waals surface area contributed by atoms with Crippen molar-refractivity contribution in [2.24, 2.45) is 11.1 Å². The van der Waals surface area contributed by atoms with Crippen molar-refractivity contribution >= 4 is 0 Å². The Morgan fingerprint density at radius 2 is 2.29 bits per heavy atom. The average molecular weight is 193 g/mol. The van der Waals surface area contributed by atoms with Gasteiger partial charge in [-0.15, -0.1) is 0 Å². The number of likely N-dealkylation sites (tertiary alicyclic amines) is 1. The summed E-state index contributed by atoms with van der Waals surface area (Å²) in [7, 11) is 0. The number of rotatable bonds is 1. The summed E-state index contributed by atoms with van der Waals surface area (Å²) in [6.45, 7) is 4.04. The molecule has 3 unspecified atom stereocenters. The van der Waals surface area contributed by atoms with E-state index in [0.29, 0.717) is 12.1 Å². The summed E-state index contributed by atoms with van der Waals surface area (Å²) in [5, 5.41) is 9.04. The molecule has 3 nitrogen and oxygen atoms in total. The van der Waals surface area contributed by atoms with Gasteiger partial charge in [0.2, 0.25) is 0 Å². The standard InChI is InChI=1S/C11H19N3/c1-11(7-12)5-6-14(8-11)10-4-2-3-9(10)13/h9-10H,2-6,8,13H2,1H3. The van der Waals surface area contributed by atoms with Gasteiger partial charge >= 0.3 is 0 Å². The van der Waals surface area contributed by atoms with E-state index >= 15 is 0 Å². The van der Waals surface area contributed by atoms with Crippen LogP contribution in [0.3, 0.4) is 0 Å². The molecule has 0 bridgehead atoms. The van der Waals surface area contributed by atoms with E-state index in [0.717, 1.165) is 25.9 Å². The van der Waals surface area contributed by atoms with Crippen molar-refractivity contribution in [2.75, 3.05) is 13.1 Å². The normalized spacial score (nSPS) is 44.1. The van der Waals surface area contributed by atoms with Gasteiger partial charge in [-0.05, 0) is 26.2 Å². The van der Waals surface area contributed by atoms with Crippen LogP contribution in [-0.4, -0.2) is 30.1 Å². The fraction of sp³-hybridized carbons (Fsp3) is 0.909. The van der Waals surface area contributed by atoms with Crippen LogP contribution in [0.2, 0.25) is 0 Å². The Morgan fingerprint density at radius 3 is 2.79 bits per heavy atom. The Kier molecular flexibility index (Phi) is 2.50. The summed E-state index contributed by atoms with van der Waals surface area (Å²) < 4.78 is 0. The predicted molar refractivity (Wildman–Crippen MR) is 55.5 cm³/mol. The van der Waals surface area contributed by atoms with E-state index in [2.05, 4.69) is 17.9 Å². The topological polar surface area (TPSA) is 53.0 Å². The fourth-order valence-electron chi connectivity index (χ4n) is 2.79. The molecular formula is C11H19N3. The maximum Gasteiger partial charge on any atom is 0.0700 e. The maximum absolute atomic E-state index is 9.04. The molecule has 2 fully saturated rings. The van der Waals surface area contributed by atoms with Gasteiger partial charge in [0.1, 0.15) is 0 Å². The first-order valence-corrected chi connectivity index (χ1v) is 5.55. The number of nitrogens with zero attached hydrogens (tertiary/aromatic N) is 2. The molecular weight excluding hydrogens is 174 g/mol. The minimum atomic E-state index is -0.123. The summed E-state index contributed by atoms with van der Waals surface area (Å²) >= 11 is 0. The smallest absolute Gasteiger partial charge is 0.0700 e. The van der Waals surface area contributed by atoms with Crippen LogP contribution in [0.4, 0.5) is 0 Å². The molecule has 2 aliphatic rings. The van der Waals surface area contributed by atoms with Crippen molar-refractivity contribution in [3.8, 4) is 6.07 Å². The van der Waals surface area contributed by atoms with Crippen molar-refractivity contribution in [1.82, 2.24) is 4.90 Å². The third-order valence-corrected chi connectivity index (χ3v) is 3.77. The SMILES string of the molecule is CC1(C#N)CCN(C2CCCC2N)C1. The number of nitrogens with two attached hydrogens (primary N) is 1. The second-order valence-corrected chi connectivity index (χ2v) is 5.06. The lowest BCUT2D eigenvalue weighted by atomic mass is 9.92. The van der Waals surface area contributed by atoms with Crippen LogP contribution in [-0.2, 0) is 0 Å². The minimum absolute atomic E-state index is 0.123. The zero-order chi connectivity index (χ0) is 10.2. The number of nitriles is 1. The first-order valence-electron chi connectivity index (χ1n) is 5.55. The summed E-state index contributed by atoms with van der Waals surface area (Å²) in [5.74, 6) is 0. The molecule has 1 heterocycles. The molecule has 78 valence electrons. The van der Waals surface area contributed by atoms with Gasteiger partial charge in [-0.1, -0.05) is 6.42 Å².